The van der Waals surface area contributed by atoms with E-state index in [1.54, 1.807) is 12.1 Å². The molecule has 2 heterocycles. The Kier molecular flexibility index (Phi) is 2.30. The molecule has 0 unspecified atom stereocenters. The number of H-pyrrole nitrogens is 1. The number of nitrogens with two attached hydrogens (primary N) is 1. The number of hydrogen-bond donors (Lipinski definition) is 2. The average Bonchev–Trinajstić information content (AvgIpc) is 2.97. The molecule has 0 saturated carbocycles. The summed E-state index contributed by atoms with van der Waals surface area (Å²) in [6.07, 6.45) is 2.10. The summed E-state index contributed by atoms with van der Waals surface area (Å²) in [7, 11) is -3.55. The molecule has 0 fully saturated rings. The van der Waals surface area contributed by atoms with Gasteiger partial charge in [0.2, 0.25) is 0 Å². The molecule has 2 aromatic rings. The highest BCUT2D eigenvalue weighted by Gasteiger charge is 2.31. The van der Waals surface area contributed by atoms with Crippen LogP contribution in [0, 0.1) is 0 Å². The molecule has 0 spiro atoms. The molecule has 0 radical (unpaired) electrons. The van der Waals surface area contributed by atoms with Gasteiger partial charge in [-0.1, -0.05) is 0 Å². The summed E-state index contributed by atoms with van der Waals surface area (Å²) in [5.74, 6) is 0. The number of rotatable bonds is 2. The maximum atomic E-state index is 12.4. The van der Waals surface area contributed by atoms with Gasteiger partial charge in [0, 0.05) is 12.2 Å². The van der Waals surface area contributed by atoms with E-state index in [9.17, 15) is 8.42 Å². The fraction of sp³-hybridized carbons (Fsp3) is 0.182. The van der Waals surface area contributed by atoms with E-state index in [0.29, 0.717) is 24.3 Å². The Morgan fingerprint density at radius 3 is 2.89 bits per heavy atom. The Bertz CT molecular complexity index is 679. The molecular weight excluding hydrogens is 252 g/mol. The first-order chi connectivity index (χ1) is 8.59. The van der Waals surface area contributed by atoms with Gasteiger partial charge in [0.1, 0.15) is 0 Å². The zero-order chi connectivity index (χ0) is 12.8. The third-order valence-electron chi connectivity index (χ3n) is 3.00. The number of benzene rings is 1. The van der Waals surface area contributed by atoms with Crippen molar-refractivity contribution in [2.45, 2.75) is 11.4 Å². The quantitative estimate of drug-likeness (QED) is 0.783. The molecule has 1 aromatic carbocycles. The van der Waals surface area contributed by atoms with Crippen LogP contribution in [0.25, 0.3) is 0 Å². The second-order valence-corrected chi connectivity index (χ2v) is 5.97. The van der Waals surface area contributed by atoms with E-state index in [0.717, 1.165) is 5.56 Å². The van der Waals surface area contributed by atoms with Gasteiger partial charge in [-0.15, -0.1) is 0 Å². The minimum Gasteiger partial charge on any atom is -0.399 e. The number of hydrogen-bond acceptors (Lipinski definition) is 4. The molecule has 1 aliphatic rings. The standard InChI is InChI=1S/C11H12N4O2S/c12-9-1-2-10-8(7-9)4-6-15(10)18(16,17)11-3-5-13-14-11/h1-3,5,7H,4,6,12H2,(H,13,14). The molecule has 1 aliphatic heterocycles. The van der Waals surface area contributed by atoms with Crippen molar-refractivity contribution in [2.24, 2.45) is 0 Å². The zero-order valence-corrected chi connectivity index (χ0v) is 10.3. The van der Waals surface area contributed by atoms with Crippen LogP contribution in [0.2, 0.25) is 0 Å². The summed E-state index contributed by atoms with van der Waals surface area (Å²) in [5.41, 5.74) is 7.99. The fourth-order valence-corrected chi connectivity index (χ4v) is 3.55. The van der Waals surface area contributed by atoms with Gasteiger partial charge in [0.05, 0.1) is 11.9 Å². The normalized spacial score (nSPS) is 14.8. The molecule has 7 heteroatoms. The van der Waals surface area contributed by atoms with Crippen molar-refractivity contribution in [3.05, 3.63) is 36.0 Å². The molecule has 1 aromatic heterocycles. The van der Waals surface area contributed by atoms with Crippen molar-refractivity contribution in [2.75, 3.05) is 16.6 Å². The van der Waals surface area contributed by atoms with Gasteiger partial charge in [-0.2, -0.15) is 13.5 Å². The Hall–Kier alpha value is -2.02. The zero-order valence-electron chi connectivity index (χ0n) is 9.50. The Balaban J connectivity index is 2.08. The topological polar surface area (TPSA) is 92.1 Å². The minimum absolute atomic E-state index is 0.104. The van der Waals surface area contributed by atoms with E-state index in [1.165, 1.54) is 16.6 Å². The first-order valence-electron chi connectivity index (χ1n) is 5.49. The number of nitrogens with zero attached hydrogens (tertiary/aromatic N) is 2. The van der Waals surface area contributed by atoms with Gasteiger partial charge in [0.25, 0.3) is 10.0 Å². The highest BCUT2D eigenvalue weighted by atomic mass is 32.2. The largest absolute Gasteiger partial charge is 0.399 e. The number of sulfonamides is 1. The van der Waals surface area contributed by atoms with E-state index >= 15 is 0 Å². The van der Waals surface area contributed by atoms with E-state index in [2.05, 4.69) is 10.2 Å². The van der Waals surface area contributed by atoms with Crippen LogP contribution in [0.3, 0.4) is 0 Å². The summed E-state index contributed by atoms with van der Waals surface area (Å²) in [6, 6.07) is 6.72. The van der Waals surface area contributed by atoms with Crippen LogP contribution >= 0.6 is 0 Å². The summed E-state index contributed by atoms with van der Waals surface area (Å²) in [6.45, 7) is 0.431. The Labute approximate surface area is 104 Å². The smallest absolute Gasteiger partial charge is 0.281 e. The van der Waals surface area contributed by atoms with E-state index < -0.39 is 10.0 Å². The lowest BCUT2D eigenvalue weighted by Gasteiger charge is -2.18. The second-order valence-electron chi connectivity index (χ2n) is 4.14. The molecule has 6 nitrogen and oxygen atoms in total. The lowest BCUT2D eigenvalue weighted by Crippen LogP contribution is -2.29. The van der Waals surface area contributed by atoms with Crippen molar-refractivity contribution in [3.63, 3.8) is 0 Å². The maximum Gasteiger partial charge on any atom is 0.281 e. The van der Waals surface area contributed by atoms with Crippen LogP contribution in [0.15, 0.2) is 35.5 Å². The predicted octanol–water partition coefficient (Wildman–Crippen LogP) is 0.743. The molecule has 3 N–H and O–H groups in total. The summed E-state index contributed by atoms with van der Waals surface area (Å²) >= 11 is 0. The molecule has 3 rings (SSSR count). The first kappa shape index (κ1) is 11.1. The summed E-state index contributed by atoms with van der Waals surface area (Å²) < 4.78 is 26.1. The van der Waals surface area contributed by atoms with Crippen molar-refractivity contribution in [3.8, 4) is 0 Å². The van der Waals surface area contributed by atoms with Gasteiger partial charge in [-0.05, 0) is 36.2 Å². The monoisotopic (exact) mass is 264 g/mol. The van der Waals surface area contributed by atoms with Crippen LogP contribution < -0.4 is 10.0 Å². The third kappa shape index (κ3) is 1.55. The van der Waals surface area contributed by atoms with Crippen LogP contribution in [0.1, 0.15) is 5.56 Å². The van der Waals surface area contributed by atoms with Crippen LogP contribution in [0.4, 0.5) is 11.4 Å². The number of nitrogens with one attached hydrogen (secondary N) is 1. The highest BCUT2D eigenvalue weighted by molar-refractivity contribution is 7.92. The second kappa shape index (κ2) is 3.74. The van der Waals surface area contributed by atoms with Gasteiger partial charge in [-0.3, -0.25) is 9.40 Å². The number of aromatic nitrogens is 2. The fourth-order valence-electron chi connectivity index (χ4n) is 2.15. The van der Waals surface area contributed by atoms with Crippen molar-refractivity contribution < 1.29 is 8.42 Å². The van der Waals surface area contributed by atoms with Gasteiger partial charge in [0.15, 0.2) is 5.03 Å². The molecule has 0 aliphatic carbocycles. The Morgan fingerprint density at radius 1 is 1.33 bits per heavy atom. The van der Waals surface area contributed by atoms with E-state index in [1.807, 2.05) is 6.07 Å². The number of fused-ring (bicyclic) bond motifs is 1. The highest BCUT2D eigenvalue weighted by Crippen LogP contribution is 2.33. The Morgan fingerprint density at radius 2 is 2.17 bits per heavy atom. The molecule has 0 saturated heterocycles. The maximum absolute atomic E-state index is 12.4. The number of anilines is 2. The van der Waals surface area contributed by atoms with Crippen LogP contribution in [0.5, 0.6) is 0 Å². The van der Waals surface area contributed by atoms with Crippen molar-refractivity contribution >= 4 is 21.4 Å². The molecule has 18 heavy (non-hydrogen) atoms. The molecule has 0 atom stereocenters. The van der Waals surface area contributed by atoms with Gasteiger partial charge < -0.3 is 5.73 Å². The molecule has 0 bridgehead atoms. The van der Waals surface area contributed by atoms with Gasteiger partial charge in [-0.25, -0.2) is 0 Å². The van der Waals surface area contributed by atoms with E-state index in [4.69, 9.17) is 5.73 Å². The predicted molar refractivity (Wildman–Crippen MR) is 67.7 cm³/mol. The SMILES string of the molecule is Nc1ccc2c(c1)CCN2S(=O)(=O)c1ccn[nH]1. The first-order valence-corrected chi connectivity index (χ1v) is 6.93. The van der Waals surface area contributed by atoms with Crippen LogP contribution in [-0.4, -0.2) is 25.2 Å². The third-order valence-corrected chi connectivity index (χ3v) is 4.74. The average molecular weight is 264 g/mol. The lowest BCUT2D eigenvalue weighted by molar-refractivity contribution is 0.588. The summed E-state index contributed by atoms with van der Waals surface area (Å²) in [4.78, 5) is 0. The summed E-state index contributed by atoms with van der Waals surface area (Å²) in [5, 5.41) is 6.28. The number of aromatic amines is 1. The lowest BCUT2D eigenvalue weighted by atomic mass is 10.1. The molecule has 0 amide bonds. The molecular formula is C11H12N4O2S. The minimum atomic E-state index is -3.55. The van der Waals surface area contributed by atoms with Crippen LogP contribution in [-0.2, 0) is 16.4 Å². The van der Waals surface area contributed by atoms with Crippen molar-refractivity contribution in [1.29, 1.82) is 0 Å². The van der Waals surface area contributed by atoms with Gasteiger partial charge >= 0.3 is 0 Å². The van der Waals surface area contributed by atoms with E-state index in [-0.39, 0.29) is 5.03 Å². The van der Waals surface area contributed by atoms with Crippen molar-refractivity contribution in [1.82, 2.24) is 10.2 Å². The molecule has 94 valence electrons. The number of nitrogen functional groups attached to an aromatic ring is 1.